The highest BCUT2D eigenvalue weighted by Gasteiger charge is 2.07. The van der Waals surface area contributed by atoms with E-state index in [1.54, 1.807) is 6.20 Å². The molecule has 0 spiro atoms. The zero-order chi connectivity index (χ0) is 13.4. The second kappa shape index (κ2) is 7.41. The van der Waals surface area contributed by atoms with Crippen LogP contribution in [0.5, 0.6) is 0 Å². The summed E-state index contributed by atoms with van der Waals surface area (Å²) < 4.78 is 4.58. The van der Waals surface area contributed by atoms with Crippen LogP contribution in [0.1, 0.15) is 24.1 Å². The predicted octanol–water partition coefficient (Wildman–Crippen LogP) is 1.34. The van der Waals surface area contributed by atoms with Crippen LogP contribution in [-0.4, -0.2) is 36.6 Å². The summed E-state index contributed by atoms with van der Waals surface area (Å²) in [4.78, 5) is 17.0. The summed E-state index contributed by atoms with van der Waals surface area (Å²) in [7, 11) is 3.34. The van der Waals surface area contributed by atoms with Crippen molar-refractivity contribution in [3.63, 3.8) is 0 Å². The second-order valence-electron chi connectivity index (χ2n) is 4.04. The van der Waals surface area contributed by atoms with Gasteiger partial charge in [0.05, 0.1) is 7.11 Å². The van der Waals surface area contributed by atoms with Gasteiger partial charge in [-0.05, 0) is 26.1 Å². The van der Waals surface area contributed by atoms with Gasteiger partial charge in [0.15, 0.2) is 0 Å². The Balaban J connectivity index is 2.42. The largest absolute Gasteiger partial charge is 0.469 e. The van der Waals surface area contributed by atoms with Crippen molar-refractivity contribution in [3.05, 3.63) is 29.6 Å². The standard InChI is InChI=1S/C13H17N3O2/c1-16(8-4-6-13(17)18-2)10-11-5-3-7-15-12(11)9-14/h3,5,7H,4,6,8,10H2,1-2H3. The first-order chi connectivity index (χ1) is 8.67. The molecule has 5 nitrogen and oxygen atoms in total. The molecular formula is C13H17N3O2. The number of aromatic nitrogens is 1. The first kappa shape index (κ1) is 14.1. The lowest BCUT2D eigenvalue weighted by atomic mass is 10.2. The van der Waals surface area contributed by atoms with Gasteiger partial charge in [0.25, 0.3) is 0 Å². The molecule has 18 heavy (non-hydrogen) atoms. The Labute approximate surface area is 107 Å². The van der Waals surface area contributed by atoms with Crippen molar-refractivity contribution in [1.82, 2.24) is 9.88 Å². The summed E-state index contributed by atoms with van der Waals surface area (Å²) in [6, 6.07) is 5.78. The lowest BCUT2D eigenvalue weighted by Gasteiger charge is -2.16. The smallest absolute Gasteiger partial charge is 0.305 e. The predicted molar refractivity (Wildman–Crippen MR) is 66.5 cm³/mol. The summed E-state index contributed by atoms with van der Waals surface area (Å²) in [6.45, 7) is 1.42. The molecule has 1 rings (SSSR count). The molecule has 1 heterocycles. The van der Waals surface area contributed by atoms with Crippen LogP contribution in [-0.2, 0) is 16.1 Å². The summed E-state index contributed by atoms with van der Waals surface area (Å²) in [5, 5.41) is 8.92. The minimum Gasteiger partial charge on any atom is -0.469 e. The highest BCUT2D eigenvalue weighted by Crippen LogP contribution is 2.07. The van der Waals surface area contributed by atoms with Crippen molar-refractivity contribution in [1.29, 1.82) is 5.26 Å². The van der Waals surface area contributed by atoms with Gasteiger partial charge >= 0.3 is 5.97 Å². The molecular weight excluding hydrogens is 230 g/mol. The number of hydrogen-bond donors (Lipinski definition) is 0. The number of pyridine rings is 1. The number of nitrogens with zero attached hydrogens (tertiary/aromatic N) is 3. The number of rotatable bonds is 6. The third-order valence-corrected chi connectivity index (χ3v) is 2.59. The Kier molecular flexibility index (Phi) is 5.81. The second-order valence-corrected chi connectivity index (χ2v) is 4.04. The number of carbonyl (C=O) groups excluding carboxylic acids is 1. The summed E-state index contributed by atoms with van der Waals surface area (Å²) >= 11 is 0. The molecule has 0 unspecified atom stereocenters. The van der Waals surface area contributed by atoms with Gasteiger partial charge in [0.1, 0.15) is 11.8 Å². The maximum atomic E-state index is 11.0. The van der Waals surface area contributed by atoms with Crippen molar-refractivity contribution < 1.29 is 9.53 Å². The highest BCUT2D eigenvalue weighted by molar-refractivity contribution is 5.69. The van der Waals surface area contributed by atoms with Gasteiger partial charge in [-0.2, -0.15) is 5.26 Å². The Morgan fingerprint density at radius 1 is 1.61 bits per heavy atom. The van der Waals surface area contributed by atoms with E-state index in [0.29, 0.717) is 18.7 Å². The molecule has 0 bridgehead atoms. The van der Waals surface area contributed by atoms with Gasteiger partial charge in [-0.25, -0.2) is 4.98 Å². The molecule has 96 valence electrons. The van der Waals surface area contributed by atoms with Gasteiger partial charge in [0, 0.05) is 24.7 Å². The van der Waals surface area contributed by atoms with Crippen LogP contribution in [0, 0.1) is 11.3 Å². The van der Waals surface area contributed by atoms with Crippen molar-refractivity contribution in [2.75, 3.05) is 20.7 Å². The Hall–Kier alpha value is -1.93. The first-order valence-corrected chi connectivity index (χ1v) is 5.76. The minimum atomic E-state index is -0.192. The quantitative estimate of drug-likeness (QED) is 0.710. The van der Waals surface area contributed by atoms with Gasteiger partial charge in [-0.1, -0.05) is 6.07 Å². The molecule has 0 atom stereocenters. The molecule has 0 radical (unpaired) electrons. The van der Waals surface area contributed by atoms with Gasteiger partial charge in [0.2, 0.25) is 0 Å². The summed E-state index contributed by atoms with van der Waals surface area (Å²) in [5.41, 5.74) is 1.36. The summed E-state index contributed by atoms with van der Waals surface area (Å²) in [6.07, 6.45) is 2.77. The molecule has 0 fully saturated rings. The number of carbonyl (C=O) groups is 1. The molecule has 5 heteroatoms. The molecule has 0 saturated carbocycles. The fourth-order valence-electron chi connectivity index (χ4n) is 1.63. The fraction of sp³-hybridized carbons (Fsp3) is 0.462. The van der Waals surface area contributed by atoms with Crippen molar-refractivity contribution >= 4 is 5.97 Å². The Morgan fingerprint density at radius 2 is 2.39 bits per heavy atom. The zero-order valence-electron chi connectivity index (χ0n) is 10.7. The van der Waals surface area contributed by atoms with Crippen molar-refractivity contribution in [2.24, 2.45) is 0 Å². The van der Waals surface area contributed by atoms with E-state index in [2.05, 4.69) is 20.7 Å². The van der Waals surface area contributed by atoms with E-state index in [9.17, 15) is 4.79 Å². The first-order valence-electron chi connectivity index (χ1n) is 5.76. The number of nitriles is 1. The van der Waals surface area contributed by atoms with Crippen LogP contribution in [0.4, 0.5) is 0 Å². The Bertz CT molecular complexity index is 440. The number of ether oxygens (including phenoxy) is 1. The number of hydrogen-bond acceptors (Lipinski definition) is 5. The maximum Gasteiger partial charge on any atom is 0.305 e. The minimum absolute atomic E-state index is 0.192. The van der Waals surface area contributed by atoms with E-state index in [0.717, 1.165) is 18.5 Å². The molecule has 0 N–H and O–H groups in total. The molecule has 0 amide bonds. The average molecular weight is 247 g/mol. The normalized spacial score (nSPS) is 10.1. The monoisotopic (exact) mass is 247 g/mol. The Morgan fingerprint density at radius 3 is 3.06 bits per heavy atom. The van der Waals surface area contributed by atoms with E-state index < -0.39 is 0 Å². The van der Waals surface area contributed by atoms with E-state index in [4.69, 9.17) is 5.26 Å². The van der Waals surface area contributed by atoms with Gasteiger partial charge in [-0.15, -0.1) is 0 Å². The molecule has 0 saturated heterocycles. The topological polar surface area (TPSA) is 66.2 Å². The molecule has 1 aromatic rings. The molecule has 0 aliphatic heterocycles. The van der Waals surface area contributed by atoms with Crippen molar-refractivity contribution in [2.45, 2.75) is 19.4 Å². The zero-order valence-corrected chi connectivity index (χ0v) is 10.7. The third kappa shape index (κ3) is 4.52. The number of methoxy groups -OCH3 is 1. The lowest BCUT2D eigenvalue weighted by Crippen LogP contribution is -2.20. The van der Waals surface area contributed by atoms with E-state index in [1.807, 2.05) is 19.2 Å². The maximum absolute atomic E-state index is 11.0. The van der Waals surface area contributed by atoms with Crippen LogP contribution in [0.3, 0.4) is 0 Å². The summed E-state index contributed by atoms with van der Waals surface area (Å²) in [5.74, 6) is -0.192. The van der Waals surface area contributed by atoms with Crippen molar-refractivity contribution in [3.8, 4) is 6.07 Å². The van der Waals surface area contributed by atoms with Crippen LogP contribution < -0.4 is 0 Å². The van der Waals surface area contributed by atoms with Crippen LogP contribution in [0.15, 0.2) is 18.3 Å². The van der Waals surface area contributed by atoms with Crippen LogP contribution in [0.25, 0.3) is 0 Å². The third-order valence-electron chi connectivity index (χ3n) is 2.59. The molecule has 1 aromatic heterocycles. The fourth-order valence-corrected chi connectivity index (χ4v) is 1.63. The van der Waals surface area contributed by atoms with Gasteiger partial charge in [-0.3, -0.25) is 4.79 Å². The molecule has 0 aliphatic rings. The van der Waals surface area contributed by atoms with E-state index in [-0.39, 0.29) is 5.97 Å². The van der Waals surface area contributed by atoms with Crippen LogP contribution in [0.2, 0.25) is 0 Å². The molecule has 0 aromatic carbocycles. The van der Waals surface area contributed by atoms with E-state index >= 15 is 0 Å². The highest BCUT2D eigenvalue weighted by atomic mass is 16.5. The number of esters is 1. The molecule has 0 aliphatic carbocycles. The van der Waals surface area contributed by atoms with E-state index in [1.165, 1.54) is 7.11 Å². The van der Waals surface area contributed by atoms with Crippen LogP contribution >= 0.6 is 0 Å². The average Bonchev–Trinajstić information content (AvgIpc) is 2.39. The SMILES string of the molecule is COC(=O)CCCN(C)Cc1cccnc1C#N. The lowest BCUT2D eigenvalue weighted by molar-refractivity contribution is -0.140. The van der Waals surface area contributed by atoms with Gasteiger partial charge < -0.3 is 9.64 Å².